The lowest BCUT2D eigenvalue weighted by molar-refractivity contribution is -0.117. The largest absolute Gasteiger partial charge is 0.506 e. The number of rotatable bonds is 3. The third-order valence-electron chi connectivity index (χ3n) is 1.85. The van der Waals surface area contributed by atoms with E-state index in [2.05, 4.69) is 5.32 Å². The molecule has 4 nitrogen and oxygen atoms in total. The fourth-order valence-corrected chi connectivity index (χ4v) is 1.38. The summed E-state index contributed by atoms with van der Waals surface area (Å²) in [5.41, 5.74) is 5.71. The molecule has 0 aromatic heterocycles. The number of phenols is 1. The molecule has 0 saturated carbocycles. The highest BCUT2D eigenvalue weighted by Crippen LogP contribution is 2.26. The number of carbonyl (C=O) groups is 1. The Labute approximate surface area is 99.4 Å². The average molecular weight is 243 g/mol. The van der Waals surface area contributed by atoms with Crippen LogP contribution in [0.15, 0.2) is 18.2 Å². The molecular formula is C11H15ClN2O2. The van der Waals surface area contributed by atoms with Gasteiger partial charge in [-0.25, -0.2) is 0 Å². The summed E-state index contributed by atoms with van der Waals surface area (Å²) in [4.78, 5) is 11.5. The number of aromatic hydroxyl groups is 1. The molecule has 1 aromatic carbocycles. The van der Waals surface area contributed by atoms with E-state index in [1.54, 1.807) is 19.9 Å². The summed E-state index contributed by atoms with van der Waals surface area (Å²) in [6.45, 7) is 3.55. The summed E-state index contributed by atoms with van der Waals surface area (Å²) >= 11 is 5.70. The van der Waals surface area contributed by atoms with E-state index in [0.29, 0.717) is 5.69 Å². The Morgan fingerprint density at radius 2 is 2.19 bits per heavy atom. The van der Waals surface area contributed by atoms with Crippen molar-refractivity contribution >= 4 is 23.2 Å². The predicted molar refractivity (Wildman–Crippen MR) is 64.6 cm³/mol. The van der Waals surface area contributed by atoms with Gasteiger partial charge in [-0.3, -0.25) is 4.79 Å². The number of carbonyl (C=O) groups excluding carboxylic acids is 1. The van der Waals surface area contributed by atoms with Gasteiger partial charge < -0.3 is 16.2 Å². The summed E-state index contributed by atoms with van der Waals surface area (Å²) in [7, 11) is 0. The summed E-state index contributed by atoms with van der Waals surface area (Å²) in [6, 6.07) is 4.48. The van der Waals surface area contributed by atoms with Gasteiger partial charge in [-0.05, 0) is 32.0 Å². The van der Waals surface area contributed by atoms with Crippen LogP contribution >= 0.6 is 11.6 Å². The lowest BCUT2D eigenvalue weighted by Gasteiger charge is -2.17. The Morgan fingerprint density at radius 1 is 1.56 bits per heavy atom. The Morgan fingerprint density at radius 3 is 2.69 bits per heavy atom. The fraction of sp³-hybridized carbons (Fsp3) is 0.364. The summed E-state index contributed by atoms with van der Waals surface area (Å²) < 4.78 is 0. The van der Waals surface area contributed by atoms with Crippen LogP contribution in [0.5, 0.6) is 5.75 Å². The second kappa shape index (κ2) is 4.72. The number of phenolic OH excluding ortho intramolecular Hbond substituents is 1. The van der Waals surface area contributed by atoms with Crippen LogP contribution in [0.2, 0.25) is 5.02 Å². The molecule has 16 heavy (non-hydrogen) atoms. The molecule has 1 aromatic rings. The van der Waals surface area contributed by atoms with Crippen LogP contribution in [0.1, 0.15) is 20.3 Å². The summed E-state index contributed by atoms with van der Waals surface area (Å²) in [5, 5.41) is 12.1. The standard InChI is InChI=1S/C11H15ClN2O2/c1-11(2,13)6-10(16)14-7-3-4-9(15)8(12)5-7/h3-5,15H,6,13H2,1-2H3,(H,14,16). The Hall–Kier alpha value is -1.26. The first kappa shape index (κ1) is 12.8. The van der Waals surface area contributed by atoms with E-state index in [9.17, 15) is 9.90 Å². The maximum Gasteiger partial charge on any atom is 0.226 e. The minimum absolute atomic E-state index is 0.0150. The Kier molecular flexibility index (Phi) is 3.78. The minimum atomic E-state index is -0.551. The Bertz CT molecular complexity index is 399. The highest BCUT2D eigenvalue weighted by molar-refractivity contribution is 6.32. The highest BCUT2D eigenvalue weighted by Gasteiger charge is 2.16. The average Bonchev–Trinajstić information content (AvgIpc) is 2.08. The summed E-state index contributed by atoms with van der Waals surface area (Å²) in [5.74, 6) is -0.201. The smallest absolute Gasteiger partial charge is 0.226 e. The van der Waals surface area contributed by atoms with Gasteiger partial charge in [0.25, 0.3) is 0 Å². The van der Waals surface area contributed by atoms with Gasteiger partial charge in [0.05, 0.1) is 5.02 Å². The molecule has 0 unspecified atom stereocenters. The van der Waals surface area contributed by atoms with Crippen molar-refractivity contribution in [2.75, 3.05) is 5.32 Å². The van der Waals surface area contributed by atoms with Crippen molar-refractivity contribution in [1.82, 2.24) is 0 Å². The zero-order valence-electron chi connectivity index (χ0n) is 9.25. The molecule has 0 radical (unpaired) electrons. The zero-order valence-corrected chi connectivity index (χ0v) is 10.0. The fourth-order valence-electron chi connectivity index (χ4n) is 1.20. The van der Waals surface area contributed by atoms with Gasteiger partial charge in [0.15, 0.2) is 0 Å². The number of anilines is 1. The van der Waals surface area contributed by atoms with Crippen molar-refractivity contribution in [3.05, 3.63) is 23.2 Å². The first-order valence-corrected chi connectivity index (χ1v) is 5.23. The molecule has 0 bridgehead atoms. The maximum absolute atomic E-state index is 11.5. The third kappa shape index (κ3) is 4.08. The minimum Gasteiger partial charge on any atom is -0.506 e. The lowest BCUT2D eigenvalue weighted by atomic mass is 10.0. The van der Waals surface area contributed by atoms with Crippen molar-refractivity contribution in [1.29, 1.82) is 0 Å². The molecule has 0 heterocycles. The van der Waals surface area contributed by atoms with E-state index in [4.69, 9.17) is 17.3 Å². The number of nitrogens with two attached hydrogens (primary N) is 1. The molecule has 0 aliphatic rings. The number of nitrogens with one attached hydrogen (secondary N) is 1. The molecule has 0 fully saturated rings. The molecule has 0 saturated heterocycles. The van der Waals surface area contributed by atoms with Gasteiger partial charge in [0, 0.05) is 17.6 Å². The van der Waals surface area contributed by atoms with E-state index >= 15 is 0 Å². The van der Waals surface area contributed by atoms with Gasteiger partial charge in [0.2, 0.25) is 5.91 Å². The van der Waals surface area contributed by atoms with Crippen molar-refractivity contribution in [3.8, 4) is 5.75 Å². The van der Waals surface area contributed by atoms with Crippen LogP contribution in [0, 0.1) is 0 Å². The van der Waals surface area contributed by atoms with E-state index in [1.165, 1.54) is 12.1 Å². The molecule has 1 rings (SSSR count). The number of amides is 1. The SMILES string of the molecule is CC(C)(N)CC(=O)Nc1ccc(O)c(Cl)c1. The van der Waals surface area contributed by atoms with Crippen molar-refractivity contribution in [3.63, 3.8) is 0 Å². The number of benzene rings is 1. The van der Waals surface area contributed by atoms with E-state index in [1.807, 2.05) is 0 Å². The molecular weight excluding hydrogens is 228 g/mol. The molecule has 0 atom stereocenters. The van der Waals surface area contributed by atoms with Crippen LogP contribution < -0.4 is 11.1 Å². The first-order chi connectivity index (χ1) is 7.28. The second-order valence-electron chi connectivity index (χ2n) is 4.38. The predicted octanol–water partition coefficient (Wildman–Crippen LogP) is 2.11. The highest BCUT2D eigenvalue weighted by atomic mass is 35.5. The topological polar surface area (TPSA) is 75.4 Å². The third-order valence-corrected chi connectivity index (χ3v) is 2.15. The van der Waals surface area contributed by atoms with Gasteiger partial charge in [-0.15, -0.1) is 0 Å². The summed E-state index contributed by atoms with van der Waals surface area (Å²) in [6.07, 6.45) is 0.214. The molecule has 1 amide bonds. The molecule has 88 valence electrons. The Balaban J connectivity index is 2.67. The van der Waals surface area contributed by atoms with Crippen LogP contribution in [0.4, 0.5) is 5.69 Å². The van der Waals surface area contributed by atoms with E-state index < -0.39 is 5.54 Å². The van der Waals surface area contributed by atoms with Crippen molar-refractivity contribution < 1.29 is 9.90 Å². The monoisotopic (exact) mass is 242 g/mol. The van der Waals surface area contributed by atoms with Gasteiger partial charge in [0.1, 0.15) is 5.75 Å². The number of halogens is 1. The van der Waals surface area contributed by atoms with Gasteiger partial charge >= 0.3 is 0 Å². The number of hydrogen-bond donors (Lipinski definition) is 3. The van der Waals surface area contributed by atoms with Gasteiger partial charge in [-0.2, -0.15) is 0 Å². The molecule has 4 N–H and O–H groups in total. The number of hydrogen-bond acceptors (Lipinski definition) is 3. The lowest BCUT2D eigenvalue weighted by Crippen LogP contribution is -2.36. The van der Waals surface area contributed by atoms with E-state index in [0.717, 1.165) is 0 Å². The van der Waals surface area contributed by atoms with Crippen LogP contribution in [-0.4, -0.2) is 16.6 Å². The zero-order chi connectivity index (χ0) is 12.3. The quantitative estimate of drug-likeness (QED) is 0.711. The normalized spacial score (nSPS) is 11.2. The first-order valence-electron chi connectivity index (χ1n) is 4.85. The molecule has 0 spiro atoms. The van der Waals surface area contributed by atoms with E-state index in [-0.39, 0.29) is 23.1 Å². The second-order valence-corrected chi connectivity index (χ2v) is 4.79. The van der Waals surface area contributed by atoms with Crippen molar-refractivity contribution in [2.45, 2.75) is 25.8 Å². The van der Waals surface area contributed by atoms with Crippen LogP contribution in [0.25, 0.3) is 0 Å². The van der Waals surface area contributed by atoms with Crippen molar-refractivity contribution in [2.24, 2.45) is 5.73 Å². The van der Waals surface area contributed by atoms with Gasteiger partial charge in [-0.1, -0.05) is 11.6 Å². The molecule has 0 aliphatic carbocycles. The molecule has 0 aliphatic heterocycles. The van der Waals surface area contributed by atoms with Crippen LogP contribution in [-0.2, 0) is 4.79 Å². The maximum atomic E-state index is 11.5. The van der Waals surface area contributed by atoms with Crippen LogP contribution in [0.3, 0.4) is 0 Å². The molecule has 5 heteroatoms.